The van der Waals surface area contributed by atoms with Crippen molar-refractivity contribution in [1.29, 1.82) is 0 Å². The minimum Gasteiger partial charge on any atom is -0.379 e. The molecule has 0 aliphatic carbocycles. The molecular weight excluding hydrogens is 454 g/mol. The number of aromatic nitrogens is 4. The lowest BCUT2D eigenvalue weighted by atomic mass is 10.0. The molecule has 0 unspecified atom stereocenters. The normalized spacial score (nSPS) is 20.0. The maximum atomic E-state index is 5.55. The average molecular weight is 488 g/mol. The first kappa shape index (κ1) is 23.3. The zero-order valence-corrected chi connectivity index (χ0v) is 20.6. The molecule has 188 valence electrons. The summed E-state index contributed by atoms with van der Waals surface area (Å²) in [6.45, 7) is 9.00. The lowest BCUT2D eigenvalue weighted by molar-refractivity contribution is 0.0115. The van der Waals surface area contributed by atoms with Gasteiger partial charge in [-0.2, -0.15) is 0 Å². The van der Waals surface area contributed by atoms with Gasteiger partial charge in [0.25, 0.3) is 0 Å². The number of anilines is 2. The van der Waals surface area contributed by atoms with Gasteiger partial charge in [-0.1, -0.05) is 0 Å². The van der Waals surface area contributed by atoms with Crippen LogP contribution >= 0.6 is 0 Å². The highest BCUT2D eigenvalue weighted by Gasteiger charge is 2.27. The summed E-state index contributed by atoms with van der Waals surface area (Å²) in [4.78, 5) is 26.1. The van der Waals surface area contributed by atoms with Gasteiger partial charge in [0.15, 0.2) is 5.82 Å². The Morgan fingerprint density at radius 2 is 1.39 bits per heavy atom. The SMILES string of the molecule is c1cc(-c2nc(-c3ccc(N4CCOCC4)nc3)cc(N3CCC(N4CCOCC4)CC3)n2)ccn1. The van der Waals surface area contributed by atoms with E-state index in [2.05, 4.69) is 37.9 Å². The molecule has 0 radical (unpaired) electrons. The first-order valence-electron chi connectivity index (χ1n) is 13.0. The fraction of sp³-hybridized carbons (Fsp3) is 0.481. The Labute approximate surface area is 212 Å². The summed E-state index contributed by atoms with van der Waals surface area (Å²) in [6, 6.07) is 10.9. The van der Waals surface area contributed by atoms with E-state index < -0.39 is 0 Å². The third-order valence-corrected chi connectivity index (χ3v) is 7.38. The van der Waals surface area contributed by atoms with Crippen molar-refractivity contribution >= 4 is 11.6 Å². The van der Waals surface area contributed by atoms with Gasteiger partial charge >= 0.3 is 0 Å². The van der Waals surface area contributed by atoms with Crippen LogP contribution in [-0.2, 0) is 9.47 Å². The Morgan fingerprint density at radius 3 is 2.08 bits per heavy atom. The largest absolute Gasteiger partial charge is 0.379 e. The van der Waals surface area contributed by atoms with Crippen molar-refractivity contribution in [3.63, 3.8) is 0 Å². The number of rotatable bonds is 5. The van der Waals surface area contributed by atoms with Gasteiger partial charge in [-0.15, -0.1) is 0 Å². The maximum absolute atomic E-state index is 5.55. The zero-order chi connectivity index (χ0) is 24.2. The Morgan fingerprint density at radius 1 is 0.694 bits per heavy atom. The topological polar surface area (TPSA) is 79.7 Å². The highest BCUT2D eigenvalue weighted by Crippen LogP contribution is 2.29. The standard InChI is InChI=1S/C27H33N7O2/c1-2-25(34-13-17-36-18-14-34)29-20-22(1)24-19-26(31-27(30-24)21-3-7-28-8-4-21)33-9-5-23(6-10-33)32-11-15-35-16-12-32/h1-4,7-8,19-20,23H,5-6,9-18H2. The molecule has 3 aromatic rings. The highest BCUT2D eigenvalue weighted by atomic mass is 16.5. The number of pyridine rings is 2. The molecule has 3 aliphatic rings. The number of morpholine rings is 2. The first-order chi connectivity index (χ1) is 17.8. The van der Waals surface area contributed by atoms with E-state index in [9.17, 15) is 0 Å². The van der Waals surface area contributed by atoms with Crippen LogP contribution in [0.5, 0.6) is 0 Å². The molecule has 3 saturated heterocycles. The second-order valence-corrected chi connectivity index (χ2v) is 9.54. The van der Waals surface area contributed by atoms with Crippen molar-refractivity contribution in [1.82, 2.24) is 24.8 Å². The van der Waals surface area contributed by atoms with Crippen molar-refractivity contribution in [2.75, 3.05) is 75.5 Å². The summed E-state index contributed by atoms with van der Waals surface area (Å²) in [5, 5.41) is 0. The Balaban J connectivity index is 1.26. The van der Waals surface area contributed by atoms with Gasteiger partial charge in [0, 0.05) is 81.1 Å². The van der Waals surface area contributed by atoms with Crippen LogP contribution in [0, 0.1) is 0 Å². The molecule has 6 rings (SSSR count). The van der Waals surface area contributed by atoms with Crippen LogP contribution < -0.4 is 9.80 Å². The molecule has 6 heterocycles. The van der Waals surface area contributed by atoms with Crippen LogP contribution in [0.3, 0.4) is 0 Å². The van der Waals surface area contributed by atoms with Crippen LogP contribution in [0.4, 0.5) is 11.6 Å². The monoisotopic (exact) mass is 487 g/mol. The summed E-state index contributed by atoms with van der Waals surface area (Å²) in [6.07, 6.45) is 7.78. The number of hydrogen-bond donors (Lipinski definition) is 0. The van der Waals surface area contributed by atoms with E-state index in [4.69, 9.17) is 24.4 Å². The Hall–Kier alpha value is -3.14. The molecule has 9 heteroatoms. The number of nitrogens with zero attached hydrogens (tertiary/aromatic N) is 7. The third kappa shape index (κ3) is 5.18. The number of piperidine rings is 1. The van der Waals surface area contributed by atoms with Gasteiger partial charge < -0.3 is 19.3 Å². The molecule has 0 amide bonds. The smallest absolute Gasteiger partial charge is 0.162 e. The summed E-state index contributed by atoms with van der Waals surface area (Å²) in [7, 11) is 0. The van der Waals surface area contributed by atoms with E-state index in [0.29, 0.717) is 6.04 Å². The quantitative estimate of drug-likeness (QED) is 0.540. The predicted molar refractivity (Wildman–Crippen MR) is 139 cm³/mol. The minimum atomic E-state index is 0.628. The molecule has 3 aromatic heterocycles. The molecule has 3 fully saturated rings. The lowest BCUT2D eigenvalue weighted by Crippen LogP contribution is -2.49. The Kier molecular flexibility index (Phi) is 7.02. The molecule has 3 aliphatic heterocycles. The number of ether oxygens (including phenoxy) is 2. The fourth-order valence-corrected chi connectivity index (χ4v) is 5.29. The van der Waals surface area contributed by atoms with Gasteiger partial charge in [-0.25, -0.2) is 15.0 Å². The summed E-state index contributed by atoms with van der Waals surface area (Å²) < 4.78 is 11.0. The highest BCUT2D eigenvalue weighted by molar-refractivity contribution is 5.68. The van der Waals surface area contributed by atoms with E-state index in [0.717, 1.165) is 113 Å². The summed E-state index contributed by atoms with van der Waals surface area (Å²) in [5.74, 6) is 2.68. The molecule has 9 nitrogen and oxygen atoms in total. The van der Waals surface area contributed by atoms with Crippen molar-refractivity contribution in [2.24, 2.45) is 0 Å². The zero-order valence-electron chi connectivity index (χ0n) is 20.6. The Bertz CT molecular complexity index is 1120. The summed E-state index contributed by atoms with van der Waals surface area (Å²) in [5.41, 5.74) is 2.85. The van der Waals surface area contributed by atoms with Gasteiger partial charge in [0.2, 0.25) is 0 Å². The van der Waals surface area contributed by atoms with Crippen LogP contribution in [0.25, 0.3) is 22.6 Å². The van der Waals surface area contributed by atoms with Crippen LogP contribution in [-0.4, -0.2) is 96.6 Å². The van der Waals surface area contributed by atoms with E-state index >= 15 is 0 Å². The molecule has 0 saturated carbocycles. The second-order valence-electron chi connectivity index (χ2n) is 9.54. The van der Waals surface area contributed by atoms with Gasteiger partial charge in [-0.3, -0.25) is 9.88 Å². The molecule has 0 bridgehead atoms. The molecule has 0 spiro atoms. The van der Waals surface area contributed by atoms with E-state index in [1.54, 1.807) is 12.4 Å². The molecule has 0 aromatic carbocycles. The van der Waals surface area contributed by atoms with Crippen molar-refractivity contribution in [3.05, 3.63) is 48.9 Å². The fourth-order valence-electron chi connectivity index (χ4n) is 5.29. The van der Waals surface area contributed by atoms with E-state index in [1.807, 2.05) is 18.3 Å². The predicted octanol–water partition coefficient (Wildman–Crippen LogP) is 2.74. The van der Waals surface area contributed by atoms with E-state index in [-0.39, 0.29) is 0 Å². The third-order valence-electron chi connectivity index (χ3n) is 7.38. The van der Waals surface area contributed by atoms with Crippen LogP contribution in [0.2, 0.25) is 0 Å². The summed E-state index contributed by atoms with van der Waals surface area (Å²) >= 11 is 0. The number of hydrogen-bond acceptors (Lipinski definition) is 9. The van der Waals surface area contributed by atoms with Crippen LogP contribution in [0.1, 0.15) is 12.8 Å². The second kappa shape index (κ2) is 10.9. The first-order valence-corrected chi connectivity index (χ1v) is 13.0. The van der Waals surface area contributed by atoms with Gasteiger partial charge in [0.1, 0.15) is 11.6 Å². The lowest BCUT2D eigenvalue weighted by Gasteiger charge is -2.40. The van der Waals surface area contributed by atoms with Gasteiger partial charge in [0.05, 0.1) is 32.1 Å². The van der Waals surface area contributed by atoms with E-state index in [1.165, 1.54) is 0 Å². The molecule has 36 heavy (non-hydrogen) atoms. The average Bonchev–Trinajstić information content (AvgIpc) is 2.98. The molecule has 0 atom stereocenters. The minimum absolute atomic E-state index is 0.628. The van der Waals surface area contributed by atoms with Crippen molar-refractivity contribution < 1.29 is 9.47 Å². The molecular formula is C27H33N7O2. The van der Waals surface area contributed by atoms with Crippen LogP contribution in [0.15, 0.2) is 48.9 Å². The maximum Gasteiger partial charge on any atom is 0.162 e. The van der Waals surface area contributed by atoms with Crippen molar-refractivity contribution in [2.45, 2.75) is 18.9 Å². The molecule has 0 N–H and O–H groups in total. The van der Waals surface area contributed by atoms with Crippen molar-refractivity contribution in [3.8, 4) is 22.6 Å². The van der Waals surface area contributed by atoms with Gasteiger partial charge in [-0.05, 0) is 37.1 Å².